The number of nitrogens with two attached hydrogens (primary N) is 1. The van der Waals surface area contributed by atoms with Crippen LogP contribution >= 0.6 is 0 Å². The van der Waals surface area contributed by atoms with E-state index in [2.05, 4.69) is 5.32 Å². The molecule has 0 atom stereocenters. The minimum absolute atomic E-state index is 0.0531. The fourth-order valence-electron chi connectivity index (χ4n) is 1.67. The number of aliphatic hydroxyl groups is 1. The molecule has 0 heterocycles. The number of hydrogen-bond donors (Lipinski definition) is 3. The van der Waals surface area contributed by atoms with Gasteiger partial charge in [-0.3, -0.25) is 4.79 Å². The maximum atomic E-state index is 11.5. The monoisotopic (exact) mass is 237 g/mol. The van der Waals surface area contributed by atoms with Crippen molar-refractivity contribution in [2.24, 2.45) is 0 Å². The lowest BCUT2D eigenvalue weighted by Gasteiger charge is -2.24. The second-order valence-corrected chi connectivity index (χ2v) is 3.66. The van der Waals surface area contributed by atoms with Crippen molar-refractivity contribution in [2.75, 3.05) is 37.4 Å². The normalized spacial score (nSPS) is 10.1. The molecule has 0 aliphatic heterocycles. The van der Waals surface area contributed by atoms with E-state index in [4.69, 9.17) is 10.8 Å². The highest BCUT2D eigenvalue weighted by atomic mass is 16.3. The third-order valence-electron chi connectivity index (χ3n) is 2.61. The van der Waals surface area contributed by atoms with Gasteiger partial charge in [-0.15, -0.1) is 0 Å². The molecular formula is C12H19N3O2. The van der Waals surface area contributed by atoms with Crippen LogP contribution < -0.4 is 16.0 Å². The van der Waals surface area contributed by atoms with Gasteiger partial charge in [-0.25, -0.2) is 0 Å². The van der Waals surface area contributed by atoms with Crippen LogP contribution in [0.3, 0.4) is 0 Å². The number of nitrogen functional groups attached to an aromatic ring is 1. The Morgan fingerprint density at radius 1 is 1.53 bits per heavy atom. The predicted octanol–water partition coefficient (Wildman–Crippen LogP) is 0.447. The fraction of sp³-hybridized carbons (Fsp3) is 0.417. The van der Waals surface area contributed by atoms with Crippen LogP contribution in [0.2, 0.25) is 0 Å². The van der Waals surface area contributed by atoms with E-state index in [0.29, 0.717) is 17.8 Å². The molecule has 1 aromatic carbocycles. The van der Waals surface area contributed by atoms with E-state index in [1.54, 1.807) is 25.2 Å². The molecule has 5 heteroatoms. The van der Waals surface area contributed by atoms with Crippen molar-refractivity contribution in [1.82, 2.24) is 5.32 Å². The standard InChI is InChI=1S/C12H19N3O2/c1-3-15(6-7-16)11-8-9(12(17)14-2)4-5-10(11)13/h4-5,8,16H,3,6-7,13H2,1-2H3,(H,14,17). The zero-order valence-electron chi connectivity index (χ0n) is 10.2. The van der Waals surface area contributed by atoms with E-state index in [9.17, 15) is 4.79 Å². The minimum atomic E-state index is -0.147. The number of amides is 1. The highest BCUT2D eigenvalue weighted by Crippen LogP contribution is 2.24. The van der Waals surface area contributed by atoms with Crippen molar-refractivity contribution in [1.29, 1.82) is 0 Å². The summed E-state index contributed by atoms with van der Waals surface area (Å²) < 4.78 is 0. The molecule has 0 spiro atoms. The molecule has 0 radical (unpaired) electrons. The van der Waals surface area contributed by atoms with Crippen LogP contribution in [0.4, 0.5) is 11.4 Å². The van der Waals surface area contributed by atoms with Gasteiger partial charge in [-0.2, -0.15) is 0 Å². The molecule has 0 unspecified atom stereocenters. The Bertz CT molecular complexity index is 393. The van der Waals surface area contributed by atoms with Gasteiger partial charge in [-0.05, 0) is 25.1 Å². The SMILES string of the molecule is CCN(CCO)c1cc(C(=O)NC)ccc1N. The summed E-state index contributed by atoms with van der Waals surface area (Å²) in [4.78, 5) is 13.5. The quantitative estimate of drug-likeness (QED) is 0.650. The fourth-order valence-corrected chi connectivity index (χ4v) is 1.67. The number of rotatable bonds is 5. The molecule has 0 aliphatic rings. The molecule has 4 N–H and O–H groups in total. The third-order valence-corrected chi connectivity index (χ3v) is 2.61. The Hall–Kier alpha value is -1.75. The summed E-state index contributed by atoms with van der Waals surface area (Å²) in [5, 5.41) is 11.6. The van der Waals surface area contributed by atoms with Gasteiger partial charge in [0.15, 0.2) is 0 Å². The average Bonchev–Trinajstić information content (AvgIpc) is 2.36. The maximum absolute atomic E-state index is 11.5. The van der Waals surface area contributed by atoms with Crippen LogP contribution in [-0.2, 0) is 0 Å². The minimum Gasteiger partial charge on any atom is -0.397 e. The van der Waals surface area contributed by atoms with E-state index in [-0.39, 0.29) is 12.5 Å². The van der Waals surface area contributed by atoms with Crippen LogP contribution in [0.1, 0.15) is 17.3 Å². The van der Waals surface area contributed by atoms with Crippen LogP contribution in [0.5, 0.6) is 0 Å². The Balaban J connectivity index is 3.08. The molecule has 0 bridgehead atoms. The largest absolute Gasteiger partial charge is 0.397 e. The van der Waals surface area contributed by atoms with Gasteiger partial charge < -0.3 is 21.1 Å². The third kappa shape index (κ3) is 3.10. The van der Waals surface area contributed by atoms with E-state index < -0.39 is 0 Å². The number of likely N-dealkylation sites (N-methyl/N-ethyl adjacent to an activating group) is 1. The highest BCUT2D eigenvalue weighted by molar-refractivity contribution is 5.96. The number of aliphatic hydroxyl groups excluding tert-OH is 1. The zero-order valence-corrected chi connectivity index (χ0v) is 10.2. The summed E-state index contributed by atoms with van der Waals surface area (Å²) in [5.41, 5.74) is 7.83. The van der Waals surface area contributed by atoms with E-state index in [1.165, 1.54) is 0 Å². The average molecular weight is 237 g/mol. The van der Waals surface area contributed by atoms with Crippen molar-refractivity contribution in [3.8, 4) is 0 Å². The number of anilines is 2. The lowest BCUT2D eigenvalue weighted by molar-refractivity contribution is 0.0963. The Morgan fingerprint density at radius 3 is 2.76 bits per heavy atom. The Kier molecular flexibility index (Phi) is 4.78. The van der Waals surface area contributed by atoms with Crippen LogP contribution in [-0.4, -0.2) is 37.8 Å². The molecule has 0 saturated carbocycles. The van der Waals surface area contributed by atoms with Gasteiger partial charge in [0, 0.05) is 25.7 Å². The molecule has 0 aromatic heterocycles. The summed E-state index contributed by atoms with van der Waals surface area (Å²) in [7, 11) is 1.59. The van der Waals surface area contributed by atoms with Gasteiger partial charge in [0.25, 0.3) is 5.91 Å². The molecule has 0 fully saturated rings. The summed E-state index contributed by atoms with van der Waals surface area (Å²) in [6.07, 6.45) is 0. The molecular weight excluding hydrogens is 218 g/mol. The molecule has 0 aliphatic carbocycles. The second kappa shape index (κ2) is 6.10. The Labute approximate surface area is 101 Å². The van der Waals surface area contributed by atoms with E-state index >= 15 is 0 Å². The van der Waals surface area contributed by atoms with Crippen LogP contribution in [0, 0.1) is 0 Å². The van der Waals surface area contributed by atoms with Crippen LogP contribution in [0.15, 0.2) is 18.2 Å². The predicted molar refractivity (Wildman–Crippen MR) is 69.2 cm³/mol. The van der Waals surface area contributed by atoms with Gasteiger partial charge in [-0.1, -0.05) is 0 Å². The number of hydrogen-bond acceptors (Lipinski definition) is 4. The van der Waals surface area contributed by atoms with Crippen LogP contribution in [0.25, 0.3) is 0 Å². The number of carbonyl (C=O) groups is 1. The summed E-state index contributed by atoms with van der Waals surface area (Å²) in [6.45, 7) is 3.25. The maximum Gasteiger partial charge on any atom is 0.251 e. The molecule has 17 heavy (non-hydrogen) atoms. The first kappa shape index (κ1) is 13.3. The zero-order chi connectivity index (χ0) is 12.8. The van der Waals surface area contributed by atoms with Gasteiger partial charge in [0.05, 0.1) is 18.0 Å². The summed E-state index contributed by atoms with van der Waals surface area (Å²) in [5.74, 6) is -0.147. The smallest absolute Gasteiger partial charge is 0.251 e. The van der Waals surface area contributed by atoms with Crippen molar-refractivity contribution < 1.29 is 9.90 Å². The van der Waals surface area contributed by atoms with Crippen molar-refractivity contribution in [3.63, 3.8) is 0 Å². The van der Waals surface area contributed by atoms with E-state index in [0.717, 1.165) is 12.2 Å². The molecule has 94 valence electrons. The molecule has 1 amide bonds. The van der Waals surface area contributed by atoms with Gasteiger partial charge >= 0.3 is 0 Å². The van der Waals surface area contributed by atoms with Gasteiger partial charge in [0.1, 0.15) is 0 Å². The Morgan fingerprint density at radius 2 is 2.24 bits per heavy atom. The lowest BCUT2D eigenvalue weighted by Crippen LogP contribution is -2.27. The van der Waals surface area contributed by atoms with E-state index in [1.807, 2.05) is 11.8 Å². The summed E-state index contributed by atoms with van der Waals surface area (Å²) in [6, 6.07) is 5.14. The first-order chi connectivity index (χ1) is 8.13. The number of nitrogens with zero attached hydrogens (tertiary/aromatic N) is 1. The molecule has 5 nitrogen and oxygen atoms in total. The molecule has 0 saturated heterocycles. The second-order valence-electron chi connectivity index (χ2n) is 3.66. The van der Waals surface area contributed by atoms with Crippen molar-refractivity contribution in [3.05, 3.63) is 23.8 Å². The molecule has 1 aromatic rings. The first-order valence-electron chi connectivity index (χ1n) is 5.61. The highest BCUT2D eigenvalue weighted by Gasteiger charge is 2.11. The van der Waals surface area contributed by atoms with Gasteiger partial charge in [0.2, 0.25) is 0 Å². The van der Waals surface area contributed by atoms with Crippen molar-refractivity contribution in [2.45, 2.75) is 6.92 Å². The number of carbonyl (C=O) groups excluding carboxylic acids is 1. The molecule has 1 rings (SSSR count). The first-order valence-corrected chi connectivity index (χ1v) is 5.61. The summed E-state index contributed by atoms with van der Waals surface area (Å²) >= 11 is 0. The number of benzene rings is 1. The van der Waals surface area contributed by atoms with Crippen molar-refractivity contribution >= 4 is 17.3 Å². The topological polar surface area (TPSA) is 78.6 Å². The number of nitrogens with one attached hydrogen (secondary N) is 1. The lowest BCUT2D eigenvalue weighted by atomic mass is 10.1.